The number of benzene rings is 2. The zero-order valence-corrected chi connectivity index (χ0v) is 18.3. The largest absolute Gasteiger partial charge is 0.354 e. The normalized spacial score (nSPS) is 16.3. The molecule has 2 heterocycles. The average Bonchev–Trinajstić information content (AvgIpc) is 2.77. The van der Waals surface area contributed by atoms with Gasteiger partial charge in [-0.3, -0.25) is 4.79 Å². The third kappa shape index (κ3) is 5.12. The van der Waals surface area contributed by atoms with E-state index < -0.39 is 0 Å². The summed E-state index contributed by atoms with van der Waals surface area (Å²) in [5.74, 6) is 0.763. The fourth-order valence-corrected chi connectivity index (χ4v) is 4.49. The molecule has 1 saturated heterocycles. The van der Waals surface area contributed by atoms with Crippen LogP contribution in [0.3, 0.4) is 0 Å². The van der Waals surface area contributed by atoms with Gasteiger partial charge in [0.1, 0.15) is 5.03 Å². The lowest BCUT2D eigenvalue weighted by molar-refractivity contribution is -0.120. The first kappa shape index (κ1) is 20.7. The number of carbonyl (C=O) groups is 1. The second-order valence-corrected chi connectivity index (χ2v) is 8.88. The van der Waals surface area contributed by atoms with Crippen molar-refractivity contribution in [1.29, 1.82) is 0 Å². The number of hydrogen-bond acceptors (Lipinski definition) is 5. The zero-order chi connectivity index (χ0) is 20.9. The highest BCUT2D eigenvalue weighted by molar-refractivity contribution is 7.99. The van der Waals surface area contributed by atoms with Gasteiger partial charge in [-0.25, -0.2) is 9.97 Å². The summed E-state index contributed by atoms with van der Waals surface area (Å²) in [6, 6.07) is 15.6. The molecule has 7 heteroatoms. The van der Waals surface area contributed by atoms with Gasteiger partial charge in [-0.15, -0.1) is 0 Å². The summed E-state index contributed by atoms with van der Waals surface area (Å²) in [5.41, 5.74) is 1.99. The number of piperidine rings is 1. The minimum Gasteiger partial charge on any atom is -0.354 e. The van der Waals surface area contributed by atoms with Crippen LogP contribution in [0.1, 0.15) is 18.4 Å². The number of anilines is 2. The molecule has 1 aromatic heterocycles. The van der Waals surface area contributed by atoms with E-state index in [-0.39, 0.29) is 11.8 Å². The minimum atomic E-state index is -0.103. The van der Waals surface area contributed by atoms with E-state index in [1.54, 1.807) is 36.3 Å². The van der Waals surface area contributed by atoms with Crippen LogP contribution in [0.5, 0.6) is 0 Å². The van der Waals surface area contributed by atoms with Crippen molar-refractivity contribution < 1.29 is 4.79 Å². The SMILES string of the molecule is Cc1ccc(Sc2nccnc2N2CCC[C@@H](C(=O)Nc3ccc(Cl)cc3)C2)cc1. The highest BCUT2D eigenvalue weighted by atomic mass is 35.5. The van der Waals surface area contributed by atoms with Gasteiger partial charge >= 0.3 is 0 Å². The van der Waals surface area contributed by atoms with Crippen molar-refractivity contribution in [2.45, 2.75) is 29.7 Å². The van der Waals surface area contributed by atoms with E-state index in [0.29, 0.717) is 11.6 Å². The molecule has 0 aliphatic carbocycles. The van der Waals surface area contributed by atoms with E-state index in [1.165, 1.54) is 5.56 Å². The fourth-order valence-electron chi connectivity index (χ4n) is 3.49. The Labute approximate surface area is 185 Å². The fraction of sp³-hybridized carbons (Fsp3) is 0.261. The van der Waals surface area contributed by atoms with Gasteiger partial charge in [-0.05, 0) is 56.2 Å². The van der Waals surface area contributed by atoms with E-state index in [9.17, 15) is 4.79 Å². The molecule has 0 radical (unpaired) electrons. The van der Waals surface area contributed by atoms with Gasteiger partial charge in [0.05, 0.1) is 5.92 Å². The van der Waals surface area contributed by atoms with Gasteiger partial charge in [-0.1, -0.05) is 41.1 Å². The van der Waals surface area contributed by atoms with E-state index in [2.05, 4.69) is 51.4 Å². The number of amides is 1. The van der Waals surface area contributed by atoms with Gasteiger partial charge in [0.15, 0.2) is 5.82 Å². The Balaban J connectivity index is 1.47. The first-order valence-corrected chi connectivity index (χ1v) is 11.1. The van der Waals surface area contributed by atoms with Crippen LogP contribution in [-0.2, 0) is 4.79 Å². The van der Waals surface area contributed by atoms with Crippen molar-refractivity contribution in [2.75, 3.05) is 23.3 Å². The Kier molecular flexibility index (Phi) is 6.55. The summed E-state index contributed by atoms with van der Waals surface area (Å²) in [4.78, 5) is 25.3. The van der Waals surface area contributed by atoms with Gasteiger partial charge in [0.25, 0.3) is 0 Å². The lowest BCUT2D eigenvalue weighted by Crippen LogP contribution is -2.41. The van der Waals surface area contributed by atoms with Gasteiger partial charge in [0.2, 0.25) is 5.91 Å². The number of aryl methyl sites for hydroxylation is 1. The number of hydrogen-bond donors (Lipinski definition) is 1. The van der Waals surface area contributed by atoms with Crippen molar-refractivity contribution in [2.24, 2.45) is 5.92 Å². The molecule has 1 aliphatic heterocycles. The van der Waals surface area contributed by atoms with Crippen molar-refractivity contribution in [1.82, 2.24) is 9.97 Å². The highest BCUT2D eigenvalue weighted by Crippen LogP contribution is 2.34. The van der Waals surface area contributed by atoms with Crippen molar-refractivity contribution in [3.63, 3.8) is 0 Å². The molecule has 154 valence electrons. The van der Waals surface area contributed by atoms with Crippen LogP contribution in [-0.4, -0.2) is 29.0 Å². The van der Waals surface area contributed by atoms with Crippen molar-refractivity contribution >= 4 is 40.8 Å². The molecule has 0 bridgehead atoms. The van der Waals surface area contributed by atoms with Crippen LogP contribution >= 0.6 is 23.4 Å². The van der Waals surface area contributed by atoms with E-state index in [1.807, 2.05) is 12.1 Å². The molecule has 3 aromatic rings. The van der Waals surface area contributed by atoms with Crippen LogP contribution in [0.2, 0.25) is 5.02 Å². The second-order valence-electron chi connectivity index (χ2n) is 7.38. The number of nitrogens with one attached hydrogen (secondary N) is 1. The minimum absolute atomic E-state index is 0.0265. The molecule has 2 aromatic carbocycles. The molecule has 1 aliphatic rings. The van der Waals surface area contributed by atoms with E-state index in [0.717, 1.165) is 40.8 Å². The molecule has 30 heavy (non-hydrogen) atoms. The Morgan fingerprint density at radius 2 is 1.83 bits per heavy atom. The standard InChI is InChI=1S/C23H23ClN4OS/c1-16-4-10-20(11-5-16)30-23-21(25-12-13-26-23)28-14-2-3-17(15-28)22(29)27-19-8-6-18(24)7-9-19/h4-13,17H,2-3,14-15H2,1H3,(H,27,29)/t17-/m1/s1. The molecule has 0 saturated carbocycles. The number of aromatic nitrogens is 2. The molecular formula is C23H23ClN4OS. The first-order chi connectivity index (χ1) is 14.6. The third-order valence-electron chi connectivity index (χ3n) is 5.09. The van der Waals surface area contributed by atoms with Gasteiger partial charge in [0, 0.05) is 41.1 Å². The number of halogens is 1. The second kappa shape index (κ2) is 9.49. The molecular weight excluding hydrogens is 416 g/mol. The summed E-state index contributed by atoms with van der Waals surface area (Å²) in [7, 11) is 0. The smallest absolute Gasteiger partial charge is 0.229 e. The van der Waals surface area contributed by atoms with Crippen LogP contribution in [0.15, 0.2) is 70.8 Å². The average molecular weight is 439 g/mol. The van der Waals surface area contributed by atoms with Crippen molar-refractivity contribution in [3.05, 3.63) is 71.5 Å². The Hall–Kier alpha value is -2.57. The number of nitrogens with zero attached hydrogens (tertiary/aromatic N) is 3. The van der Waals surface area contributed by atoms with Gasteiger partial charge < -0.3 is 10.2 Å². The molecule has 0 unspecified atom stereocenters. The number of rotatable bonds is 5. The Morgan fingerprint density at radius 3 is 2.60 bits per heavy atom. The van der Waals surface area contributed by atoms with Crippen LogP contribution in [0.4, 0.5) is 11.5 Å². The predicted octanol–water partition coefficient (Wildman–Crippen LogP) is 5.44. The molecule has 4 rings (SSSR count). The Bertz CT molecular complexity index is 1010. The molecule has 0 spiro atoms. The maximum absolute atomic E-state index is 12.8. The lowest BCUT2D eigenvalue weighted by atomic mass is 9.97. The maximum Gasteiger partial charge on any atom is 0.229 e. The monoisotopic (exact) mass is 438 g/mol. The van der Waals surface area contributed by atoms with Crippen LogP contribution in [0.25, 0.3) is 0 Å². The molecule has 5 nitrogen and oxygen atoms in total. The van der Waals surface area contributed by atoms with E-state index in [4.69, 9.17) is 11.6 Å². The quantitative estimate of drug-likeness (QED) is 0.574. The molecule has 1 fully saturated rings. The highest BCUT2D eigenvalue weighted by Gasteiger charge is 2.28. The summed E-state index contributed by atoms with van der Waals surface area (Å²) in [6.07, 6.45) is 5.22. The Morgan fingerprint density at radius 1 is 1.10 bits per heavy atom. The van der Waals surface area contributed by atoms with Crippen LogP contribution in [0, 0.1) is 12.8 Å². The summed E-state index contributed by atoms with van der Waals surface area (Å²) >= 11 is 7.53. The van der Waals surface area contributed by atoms with Gasteiger partial charge in [-0.2, -0.15) is 0 Å². The summed E-state index contributed by atoms with van der Waals surface area (Å²) < 4.78 is 0. The lowest BCUT2D eigenvalue weighted by Gasteiger charge is -2.33. The molecule has 1 N–H and O–H groups in total. The predicted molar refractivity (Wildman–Crippen MR) is 122 cm³/mol. The summed E-state index contributed by atoms with van der Waals surface area (Å²) in [5, 5.41) is 4.52. The number of carbonyl (C=O) groups excluding carboxylic acids is 1. The van der Waals surface area contributed by atoms with E-state index >= 15 is 0 Å². The summed E-state index contributed by atoms with van der Waals surface area (Å²) in [6.45, 7) is 3.57. The van der Waals surface area contributed by atoms with Crippen LogP contribution < -0.4 is 10.2 Å². The topological polar surface area (TPSA) is 58.1 Å². The van der Waals surface area contributed by atoms with Crippen molar-refractivity contribution in [3.8, 4) is 0 Å². The third-order valence-corrected chi connectivity index (χ3v) is 6.33. The molecule has 1 amide bonds. The maximum atomic E-state index is 12.8. The molecule has 1 atom stereocenters. The zero-order valence-electron chi connectivity index (χ0n) is 16.7. The first-order valence-electron chi connectivity index (χ1n) is 9.95.